The van der Waals surface area contributed by atoms with Crippen LogP contribution in [0.3, 0.4) is 0 Å². The highest BCUT2D eigenvalue weighted by Gasteiger charge is 2.43. The molecule has 1 aliphatic rings. The van der Waals surface area contributed by atoms with Gasteiger partial charge in [-0.2, -0.15) is 0 Å². The molecule has 0 amide bonds. The van der Waals surface area contributed by atoms with Gasteiger partial charge in [0, 0.05) is 49.9 Å². The van der Waals surface area contributed by atoms with Crippen molar-refractivity contribution in [3.63, 3.8) is 0 Å². The summed E-state index contributed by atoms with van der Waals surface area (Å²) in [6.07, 6.45) is 0.778. The maximum Gasteiger partial charge on any atom is 0.336 e. The number of carboxylic acids is 1. The van der Waals surface area contributed by atoms with Crippen LogP contribution in [0.25, 0.3) is 10.4 Å². The Morgan fingerprint density at radius 2 is 1.92 bits per heavy atom. The van der Waals surface area contributed by atoms with Gasteiger partial charge in [0.05, 0.1) is 29.4 Å². The number of hydrogen-bond acceptors (Lipinski definition) is 8. The predicted molar refractivity (Wildman–Crippen MR) is 140 cm³/mol. The lowest BCUT2D eigenvalue weighted by atomic mass is 9.74. The molecule has 0 aliphatic carbocycles. The van der Waals surface area contributed by atoms with Crippen LogP contribution in [-0.4, -0.2) is 62.1 Å². The van der Waals surface area contributed by atoms with E-state index in [0.29, 0.717) is 24.1 Å². The third-order valence-corrected chi connectivity index (χ3v) is 7.54. The summed E-state index contributed by atoms with van der Waals surface area (Å²) >= 11 is 0. The number of benzene rings is 1. The van der Waals surface area contributed by atoms with Crippen molar-refractivity contribution in [2.75, 3.05) is 26.4 Å². The fourth-order valence-corrected chi connectivity index (χ4v) is 4.64. The molecular formula is C24H33N5O7Si. The molecule has 1 N–H and O–H groups in total. The van der Waals surface area contributed by atoms with Gasteiger partial charge < -0.3 is 14.6 Å². The first-order valence-corrected chi connectivity index (χ1v) is 15.7. The monoisotopic (exact) mass is 531 g/mol. The van der Waals surface area contributed by atoms with Gasteiger partial charge in [0.15, 0.2) is 0 Å². The van der Waals surface area contributed by atoms with Gasteiger partial charge in [-0.15, -0.1) is 0 Å². The SMILES string of the molecule is CCC1=NC(COCCCN=[N+]=[N-])=C(C(=O)OCC[Si](C)(C)C)C(c2ccc([N+](=O)[O-])cc2)C1C(=O)O. The molecule has 0 aromatic heterocycles. The van der Waals surface area contributed by atoms with E-state index in [0.717, 1.165) is 6.04 Å². The molecule has 1 heterocycles. The zero-order valence-electron chi connectivity index (χ0n) is 21.5. The van der Waals surface area contributed by atoms with Crippen LogP contribution >= 0.6 is 0 Å². The number of carbonyl (C=O) groups is 2. The van der Waals surface area contributed by atoms with E-state index >= 15 is 0 Å². The number of carboxylic acid groups (broad SMARTS) is 1. The predicted octanol–water partition coefficient (Wildman–Crippen LogP) is 5.10. The summed E-state index contributed by atoms with van der Waals surface area (Å²) in [7, 11) is -1.51. The Hall–Kier alpha value is -3.54. The lowest BCUT2D eigenvalue weighted by molar-refractivity contribution is -0.384. The van der Waals surface area contributed by atoms with E-state index in [-0.39, 0.29) is 43.3 Å². The van der Waals surface area contributed by atoms with Gasteiger partial charge in [-0.05, 0) is 30.0 Å². The smallest absolute Gasteiger partial charge is 0.336 e. The Kier molecular flexibility index (Phi) is 11.0. The minimum Gasteiger partial charge on any atom is -0.481 e. The number of nitro groups is 1. The summed E-state index contributed by atoms with van der Waals surface area (Å²) in [4.78, 5) is 43.7. The number of aliphatic imine (C=N–C) groups is 1. The molecule has 37 heavy (non-hydrogen) atoms. The standard InChI is InChI=1S/C24H33N5O7Si/c1-5-18-21(23(30)31)20(16-7-9-17(10-8-16)29(33)34)22(24(32)36-13-14-37(2,3)4)19(27-18)15-35-12-6-11-26-28-25/h7-10,20-21H,5-6,11-15H2,1-4H3,(H,30,31). The number of nitrogens with zero attached hydrogens (tertiary/aromatic N) is 5. The lowest BCUT2D eigenvalue weighted by Crippen LogP contribution is -2.37. The van der Waals surface area contributed by atoms with Crippen LogP contribution in [-0.2, 0) is 19.1 Å². The van der Waals surface area contributed by atoms with Gasteiger partial charge >= 0.3 is 11.9 Å². The van der Waals surface area contributed by atoms with Gasteiger partial charge in [0.2, 0.25) is 0 Å². The normalized spacial score (nSPS) is 17.6. The van der Waals surface area contributed by atoms with Crippen LogP contribution in [0.1, 0.15) is 31.2 Å². The van der Waals surface area contributed by atoms with E-state index in [1.807, 2.05) is 0 Å². The summed E-state index contributed by atoms with van der Waals surface area (Å²) in [5, 5.41) is 24.8. The minimum absolute atomic E-state index is 0.0732. The molecule has 200 valence electrons. The molecule has 0 bridgehead atoms. The van der Waals surface area contributed by atoms with E-state index < -0.39 is 36.8 Å². The lowest BCUT2D eigenvalue weighted by Gasteiger charge is -2.32. The fraction of sp³-hybridized carbons (Fsp3) is 0.542. The van der Waals surface area contributed by atoms with Crippen molar-refractivity contribution in [1.29, 1.82) is 0 Å². The Balaban J connectivity index is 2.54. The molecule has 1 aliphatic heterocycles. The number of non-ortho nitro benzene ring substituents is 1. The van der Waals surface area contributed by atoms with Gasteiger partial charge in [-0.3, -0.25) is 19.9 Å². The van der Waals surface area contributed by atoms with E-state index in [4.69, 9.17) is 15.0 Å². The first-order chi connectivity index (χ1) is 17.5. The zero-order valence-corrected chi connectivity index (χ0v) is 22.5. The van der Waals surface area contributed by atoms with Crippen LogP contribution < -0.4 is 0 Å². The number of azide groups is 1. The third kappa shape index (κ3) is 8.52. The summed E-state index contributed by atoms with van der Waals surface area (Å²) in [6.45, 7) is 8.81. The molecule has 1 aromatic carbocycles. The van der Waals surface area contributed by atoms with E-state index in [9.17, 15) is 24.8 Å². The molecule has 0 spiro atoms. The van der Waals surface area contributed by atoms with Crippen molar-refractivity contribution in [3.05, 3.63) is 61.7 Å². The maximum absolute atomic E-state index is 13.4. The average molecular weight is 532 g/mol. The summed E-state index contributed by atoms with van der Waals surface area (Å²) < 4.78 is 11.3. The second kappa shape index (κ2) is 13.7. The van der Waals surface area contributed by atoms with Crippen molar-refractivity contribution in [1.82, 2.24) is 0 Å². The van der Waals surface area contributed by atoms with Gasteiger partial charge in [-0.1, -0.05) is 43.8 Å². The zero-order chi connectivity index (χ0) is 27.6. The maximum atomic E-state index is 13.4. The third-order valence-electron chi connectivity index (χ3n) is 5.84. The van der Waals surface area contributed by atoms with Crippen LogP contribution in [0, 0.1) is 16.0 Å². The van der Waals surface area contributed by atoms with Crippen molar-refractivity contribution >= 4 is 31.4 Å². The molecule has 12 nitrogen and oxygen atoms in total. The second-order valence-corrected chi connectivity index (χ2v) is 15.4. The number of aliphatic carboxylic acids is 1. The number of carbonyl (C=O) groups excluding carboxylic acids is 1. The Bertz CT molecular complexity index is 1110. The highest BCUT2D eigenvalue weighted by molar-refractivity contribution is 6.76. The van der Waals surface area contributed by atoms with Crippen LogP contribution in [0.15, 0.2) is 45.6 Å². The molecule has 0 saturated carbocycles. The number of ether oxygens (including phenoxy) is 2. The Labute approximate surface area is 216 Å². The topological polar surface area (TPSA) is 177 Å². The van der Waals surface area contributed by atoms with Crippen LogP contribution in [0.4, 0.5) is 5.69 Å². The summed E-state index contributed by atoms with van der Waals surface area (Å²) in [5.41, 5.74) is 9.39. The van der Waals surface area contributed by atoms with E-state index in [1.54, 1.807) is 6.92 Å². The molecule has 2 rings (SSSR count). The second-order valence-electron chi connectivity index (χ2n) is 9.77. The van der Waals surface area contributed by atoms with Crippen molar-refractivity contribution in [2.45, 2.75) is 51.4 Å². The van der Waals surface area contributed by atoms with Crippen molar-refractivity contribution < 1.29 is 29.1 Å². The Morgan fingerprint density at radius 1 is 1.24 bits per heavy atom. The number of hydrogen-bond donors (Lipinski definition) is 1. The molecule has 0 fully saturated rings. The molecule has 0 radical (unpaired) electrons. The van der Waals surface area contributed by atoms with Crippen LogP contribution in [0.2, 0.25) is 25.7 Å². The Morgan fingerprint density at radius 3 is 2.46 bits per heavy atom. The molecule has 0 saturated heterocycles. The fourth-order valence-electron chi connectivity index (χ4n) is 3.92. The molecular weight excluding hydrogens is 498 g/mol. The van der Waals surface area contributed by atoms with Gasteiger partial charge in [0.1, 0.15) is 5.92 Å². The molecule has 2 atom stereocenters. The van der Waals surface area contributed by atoms with E-state index in [1.165, 1.54) is 24.3 Å². The van der Waals surface area contributed by atoms with Crippen molar-refractivity contribution in [3.8, 4) is 0 Å². The highest BCUT2D eigenvalue weighted by Crippen LogP contribution is 2.41. The number of esters is 1. The minimum atomic E-state index is -1.51. The largest absolute Gasteiger partial charge is 0.481 e. The first-order valence-electron chi connectivity index (χ1n) is 12.0. The first kappa shape index (κ1) is 29.7. The molecule has 1 aromatic rings. The summed E-state index contributed by atoms with van der Waals surface area (Å²) in [5.74, 6) is -3.96. The molecule has 13 heteroatoms. The van der Waals surface area contributed by atoms with E-state index in [2.05, 4.69) is 34.7 Å². The number of nitro benzene ring substituents is 1. The quantitative estimate of drug-likeness (QED) is 0.0507. The van der Waals surface area contributed by atoms with Crippen LogP contribution in [0.5, 0.6) is 0 Å². The summed E-state index contributed by atoms with van der Waals surface area (Å²) in [6, 6.07) is 6.22. The van der Waals surface area contributed by atoms with Gasteiger partial charge in [0.25, 0.3) is 5.69 Å². The number of rotatable bonds is 14. The van der Waals surface area contributed by atoms with Crippen molar-refractivity contribution in [2.24, 2.45) is 16.0 Å². The molecule has 2 unspecified atom stereocenters. The van der Waals surface area contributed by atoms with Gasteiger partial charge in [-0.25, -0.2) is 4.79 Å². The highest BCUT2D eigenvalue weighted by atomic mass is 28.3. The average Bonchev–Trinajstić information content (AvgIpc) is 2.84.